The van der Waals surface area contributed by atoms with Crippen molar-refractivity contribution in [2.24, 2.45) is 17.3 Å². The van der Waals surface area contributed by atoms with E-state index < -0.39 is 23.2 Å². The minimum absolute atomic E-state index is 0.213. The van der Waals surface area contributed by atoms with Gasteiger partial charge < -0.3 is 15.2 Å². The highest BCUT2D eigenvalue weighted by Gasteiger charge is 2.65. The van der Waals surface area contributed by atoms with Crippen LogP contribution in [0.3, 0.4) is 0 Å². The molecule has 2 atom stereocenters. The van der Waals surface area contributed by atoms with E-state index in [9.17, 15) is 9.59 Å². The van der Waals surface area contributed by atoms with Gasteiger partial charge in [-0.25, -0.2) is 0 Å². The third-order valence-electron chi connectivity index (χ3n) is 4.27. The molecule has 1 saturated carbocycles. The maximum Gasteiger partial charge on any atom is 0.307 e. The van der Waals surface area contributed by atoms with E-state index in [1.54, 1.807) is 7.11 Å². The second kappa shape index (κ2) is 5.39. The van der Waals surface area contributed by atoms with E-state index >= 15 is 0 Å². The molecular weight excluding hydrogens is 270 g/mol. The fourth-order valence-corrected chi connectivity index (χ4v) is 2.88. The van der Waals surface area contributed by atoms with Crippen LogP contribution in [0.25, 0.3) is 0 Å². The SMILES string of the molecule is COc1cc(C)ccc1CNC(=O)[C@@H]1[C@H](C(=O)O)C1(C)C. The predicted molar refractivity (Wildman–Crippen MR) is 78.0 cm³/mol. The molecule has 0 heterocycles. The highest BCUT2D eigenvalue weighted by Crippen LogP contribution is 2.58. The second-order valence-electron chi connectivity index (χ2n) is 6.15. The normalized spacial score (nSPS) is 22.5. The largest absolute Gasteiger partial charge is 0.496 e. The minimum Gasteiger partial charge on any atom is -0.496 e. The van der Waals surface area contributed by atoms with Crippen molar-refractivity contribution in [3.63, 3.8) is 0 Å². The quantitative estimate of drug-likeness (QED) is 0.869. The lowest BCUT2D eigenvalue weighted by molar-refractivity contribution is -0.140. The Morgan fingerprint density at radius 3 is 2.52 bits per heavy atom. The van der Waals surface area contributed by atoms with Crippen LogP contribution in [-0.2, 0) is 16.1 Å². The number of rotatable bonds is 5. The van der Waals surface area contributed by atoms with E-state index in [4.69, 9.17) is 9.84 Å². The Labute approximate surface area is 124 Å². The number of nitrogens with one attached hydrogen (secondary N) is 1. The predicted octanol–water partition coefficient (Wildman–Crippen LogP) is 1.98. The summed E-state index contributed by atoms with van der Waals surface area (Å²) in [6, 6.07) is 5.76. The van der Waals surface area contributed by atoms with Gasteiger partial charge in [0.2, 0.25) is 5.91 Å². The molecule has 2 N–H and O–H groups in total. The molecule has 1 aliphatic rings. The first-order valence-corrected chi connectivity index (χ1v) is 6.93. The van der Waals surface area contributed by atoms with Crippen molar-refractivity contribution < 1.29 is 19.4 Å². The van der Waals surface area contributed by atoms with Gasteiger partial charge in [-0.2, -0.15) is 0 Å². The van der Waals surface area contributed by atoms with Gasteiger partial charge in [0, 0.05) is 12.1 Å². The van der Waals surface area contributed by atoms with Crippen LogP contribution in [-0.4, -0.2) is 24.1 Å². The second-order valence-corrected chi connectivity index (χ2v) is 6.15. The molecule has 0 aliphatic heterocycles. The molecule has 1 aromatic rings. The standard InChI is InChI=1S/C16H21NO4/c1-9-5-6-10(11(7-9)21-4)8-17-14(18)12-13(15(19)20)16(12,2)3/h5-7,12-13H,8H2,1-4H3,(H,17,18)(H,19,20)/t12-,13+/m0/s1. The number of amides is 1. The van der Waals surface area contributed by atoms with Crippen LogP contribution in [0.2, 0.25) is 0 Å². The van der Waals surface area contributed by atoms with E-state index in [0.717, 1.165) is 16.9 Å². The zero-order valence-electron chi connectivity index (χ0n) is 12.8. The number of aliphatic carboxylic acids is 1. The van der Waals surface area contributed by atoms with Crippen molar-refractivity contribution in [1.29, 1.82) is 0 Å². The average Bonchev–Trinajstić information content (AvgIpc) is 3.00. The third kappa shape index (κ3) is 2.86. The molecule has 1 fully saturated rings. The summed E-state index contributed by atoms with van der Waals surface area (Å²) in [5.74, 6) is -1.47. The minimum atomic E-state index is -0.909. The summed E-state index contributed by atoms with van der Waals surface area (Å²) in [6.45, 7) is 5.92. The van der Waals surface area contributed by atoms with Gasteiger partial charge in [-0.1, -0.05) is 26.0 Å². The molecule has 114 valence electrons. The number of hydrogen-bond donors (Lipinski definition) is 2. The lowest BCUT2D eigenvalue weighted by atomic mass is 10.1. The Kier molecular flexibility index (Phi) is 3.94. The zero-order valence-corrected chi connectivity index (χ0v) is 12.8. The molecular formula is C16H21NO4. The van der Waals surface area contributed by atoms with E-state index in [1.165, 1.54) is 0 Å². The zero-order chi connectivity index (χ0) is 15.8. The Morgan fingerprint density at radius 2 is 2.00 bits per heavy atom. The molecule has 1 aliphatic carbocycles. The first kappa shape index (κ1) is 15.4. The van der Waals surface area contributed by atoms with Gasteiger partial charge in [0.05, 0.1) is 18.9 Å². The Hall–Kier alpha value is -2.04. The topological polar surface area (TPSA) is 75.6 Å². The highest BCUT2D eigenvalue weighted by atomic mass is 16.5. The summed E-state index contributed by atoms with van der Waals surface area (Å²) in [4.78, 5) is 23.3. The maximum atomic E-state index is 12.2. The molecule has 0 bridgehead atoms. The first-order chi connectivity index (χ1) is 9.78. The number of carbonyl (C=O) groups is 2. The fraction of sp³-hybridized carbons (Fsp3) is 0.500. The van der Waals surface area contributed by atoms with Crippen molar-refractivity contribution in [2.75, 3.05) is 7.11 Å². The summed E-state index contributed by atoms with van der Waals surface area (Å²) in [7, 11) is 1.59. The van der Waals surface area contributed by atoms with Crippen LogP contribution >= 0.6 is 0 Å². The van der Waals surface area contributed by atoms with E-state index in [-0.39, 0.29) is 5.91 Å². The van der Waals surface area contributed by atoms with E-state index in [0.29, 0.717) is 6.54 Å². The number of carboxylic acid groups (broad SMARTS) is 1. The number of aryl methyl sites for hydroxylation is 1. The Bertz CT molecular complexity index is 580. The first-order valence-electron chi connectivity index (χ1n) is 6.93. The summed E-state index contributed by atoms with van der Waals surface area (Å²) in [6.07, 6.45) is 0. The number of hydrogen-bond acceptors (Lipinski definition) is 3. The van der Waals surface area contributed by atoms with E-state index in [2.05, 4.69) is 5.32 Å². The molecule has 5 nitrogen and oxygen atoms in total. The molecule has 21 heavy (non-hydrogen) atoms. The monoisotopic (exact) mass is 291 g/mol. The Morgan fingerprint density at radius 1 is 1.33 bits per heavy atom. The summed E-state index contributed by atoms with van der Waals surface area (Å²) in [5, 5.41) is 11.9. The molecule has 0 spiro atoms. The lowest BCUT2D eigenvalue weighted by Gasteiger charge is -2.11. The molecule has 0 radical (unpaired) electrons. The number of methoxy groups -OCH3 is 1. The van der Waals surface area contributed by atoms with Crippen molar-refractivity contribution in [3.8, 4) is 5.75 Å². The van der Waals surface area contributed by atoms with Gasteiger partial charge in [-0.3, -0.25) is 9.59 Å². The molecule has 5 heteroatoms. The molecule has 1 aromatic carbocycles. The average molecular weight is 291 g/mol. The number of carboxylic acids is 1. The van der Waals surface area contributed by atoms with Gasteiger partial charge in [-0.05, 0) is 24.0 Å². The van der Waals surface area contributed by atoms with Crippen LogP contribution in [0.15, 0.2) is 18.2 Å². The number of benzene rings is 1. The molecule has 1 amide bonds. The van der Waals surface area contributed by atoms with Crippen LogP contribution < -0.4 is 10.1 Å². The maximum absolute atomic E-state index is 12.2. The summed E-state index contributed by atoms with van der Waals surface area (Å²) < 4.78 is 5.29. The van der Waals surface area contributed by atoms with Gasteiger partial charge >= 0.3 is 5.97 Å². The van der Waals surface area contributed by atoms with Gasteiger partial charge in [-0.15, -0.1) is 0 Å². The molecule has 0 saturated heterocycles. The van der Waals surface area contributed by atoms with Crippen LogP contribution in [0.4, 0.5) is 0 Å². The third-order valence-corrected chi connectivity index (χ3v) is 4.27. The van der Waals surface area contributed by atoms with Gasteiger partial charge in [0.15, 0.2) is 0 Å². The molecule has 0 unspecified atom stereocenters. The van der Waals surface area contributed by atoms with E-state index in [1.807, 2.05) is 39.0 Å². The van der Waals surface area contributed by atoms with Gasteiger partial charge in [0.1, 0.15) is 5.75 Å². The van der Waals surface area contributed by atoms with Crippen LogP contribution in [0, 0.1) is 24.2 Å². The van der Waals surface area contributed by atoms with Crippen molar-refractivity contribution in [3.05, 3.63) is 29.3 Å². The summed E-state index contributed by atoms with van der Waals surface area (Å²) in [5.41, 5.74) is 1.48. The fourth-order valence-electron chi connectivity index (χ4n) is 2.88. The van der Waals surface area contributed by atoms with Crippen molar-refractivity contribution in [2.45, 2.75) is 27.3 Å². The number of ether oxygens (including phenoxy) is 1. The van der Waals surface area contributed by atoms with Crippen molar-refractivity contribution >= 4 is 11.9 Å². The van der Waals surface area contributed by atoms with Crippen molar-refractivity contribution in [1.82, 2.24) is 5.32 Å². The van der Waals surface area contributed by atoms with Gasteiger partial charge in [0.25, 0.3) is 0 Å². The molecule has 0 aromatic heterocycles. The van der Waals surface area contributed by atoms with Crippen LogP contribution in [0.1, 0.15) is 25.0 Å². The highest BCUT2D eigenvalue weighted by molar-refractivity contribution is 5.91. The summed E-state index contributed by atoms with van der Waals surface area (Å²) >= 11 is 0. The molecule has 2 rings (SSSR count). The van der Waals surface area contributed by atoms with Crippen LogP contribution in [0.5, 0.6) is 5.75 Å². The smallest absolute Gasteiger partial charge is 0.307 e. The lowest BCUT2D eigenvalue weighted by Crippen LogP contribution is -2.27. The number of carbonyl (C=O) groups excluding carboxylic acids is 1. The Balaban J connectivity index is 2.01.